The van der Waals surface area contributed by atoms with Gasteiger partial charge < -0.3 is 0 Å². The van der Waals surface area contributed by atoms with E-state index in [1.807, 2.05) is 13.8 Å². The van der Waals surface area contributed by atoms with Gasteiger partial charge in [0.25, 0.3) is 10.0 Å². The van der Waals surface area contributed by atoms with E-state index >= 15 is 0 Å². The first kappa shape index (κ1) is 15.1. The molecule has 0 heterocycles. The Morgan fingerprint density at radius 2 is 2.00 bits per heavy atom. The molecule has 0 radical (unpaired) electrons. The number of hydrogen-bond donors (Lipinski definition) is 1. The molecule has 96 valence electrons. The van der Waals surface area contributed by atoms with Crippen LogP contribution in [0.3, 0.4) is 0 Å². The highest BCUT2D eigenvalue weighted by molar-refractivity contribution is 9.11. The summed E-state index contributed by atoms with van der Waals surface area (Å²) in [5.74, 6) is 0.253. The lowest BCUT2D eigenvalue weighted by atomic mass is 10.2. The maximum absolute atomic E-state index is 11.9. The average Bonchev–Trinajstić information content (AvgIpc) is 2.20. The van der Waals surface area contributed by atoms with Crippen LogP contribution in [0.2, 0.25) is 0 Å². The number of rotatable bonds is 5. The summed E-state index contributed by atoms with van der Waals surface area (Å²) < 4.78 is 25.0. The largest absolute Gasteiger partial charge is 0.287 e. The predicted molar refractivity (Wildman–Crippen MR) is 73.0 cm³/mol. The van der Waals surface area contributed by atoms with Crippen molar-refractivity contribution in [3.05, 3.63) is 27.1 Å². The second kappa shape index (κ2) is 6.29. The van der Waals surface area contributed by atoms with Gasteiger partial charge in [-0.15, -0.1) is 0 Å². The summed E-state index contributed by atoms with van der Waals surface area (Å²) in [5.41, 5.74) is 0. The van der Waals surface area contributed by atoms with Crippen molar-refractivity contribution in [2.24, 2.45) is 5.92 Å². The summed E-state index contributed by atoms with van der Waals surface area (Å²) in [6, 6.07) is 4.91. The van der Waals surface area contributed by atoms with Gasteiger partial charge in [-0.3, -0.25) is 4.84 Å². The highest BCUT2D eigenvalue weighted by Crippen LogP contribution is 2.25. The SMILES string of the molecule is CC(C)CONS(=O)(=O)c1cc(Br)ccc1Br. The molecule has 1 rings (SSSR count). The zero-order valence-corrected chi connectivity index (χ0v) is 13.4. The second-order valence-corrected chi connectivity index (χ2v) is 7.25. The van der Waals surface area contributed by atoms with Gasteiger partial charge in [0.05, 0.1) is 11.5 Å². The summed E-state index contributed by atoms with van der Waals surface area (Å²) in [7, 11) is -3.66. The van der Waals surface area contributed by atoms with Crippen molar-refractivity contribution in [1.29, 1.82) is 0 Å². The summed E-state index contributed by atoms with van der Waals surface area (Å²) in [4.78, 5) is 7.17. The van der Waals surface area contributed by atoms with Crippen LogP contribution in [-0.2, 0) is 14.9 Å². The molecular formula is C10H13Br2NO3S. The van der Waals surface area contributed by atoms with E-state index in [-0.39, 0.29) is 10.8 Å². The highest BCUT2D eigenvalue weighted by atomic mass is 79.9. The minimum absolute atomic E-state index is 0.135. The first-order valence-electron chi connectivity index (χ1n) is 4.91. The van der Waals surface area contributed by atoms with Crippen LogP contribution in [0.5, 0.6) is 0 Å². The fourth-order valence-electron chi connectivity index (χ4n) is 1.01. The molecule has 0 bridgehead atoms. The van der Waals surface area contributed by atoms with Crippen LogP contribution in [0.1, 0.15) is 13.8 Å². The van der Waals surface area contributed by atoms with Gasteiger partial charge in [0.2, 0.25) is 0 Å². The predicted octanol–water partition coefficient (Wildman–Crippen LogP) is 3.08. The van der Waals surface area contributed by atoms with Gasteiger partial charge in [0.15, 0.2) is 0 Å². The minimum Gasteiger partial charge on any atom is -0.287 e. The van der Waals surface area contributed by atoms with E-state index in [1.54, 1.807) is 12.1 Å². The van der Waals surface area contributed by atoms with Gasteiger partial charge in [0.1, 0.15) is 0 Å². The summed E-state index contributed by atoms with van der Waals surface area (Å²) in [6.07, 6.45) is 0. The molecule has 0 spiro atoms. The second-order valence-electron chi connectivity index (χ2n) is 3.87. The zero-order chi connectivity index (χ0) is 13.1. The molecule has 1 N–H and O–H groups in total. The van der Waals surface area contributed by atoms with Crippen molar-refractivity contribution >= 4 is 41.9 Å². The van der Waals surface area contributed by atoms with E-state index in [4.69, 9.17) is 4.84 Å². The fourth-order valence-corrected chi connectivity index (χ4v) is 3.32. The molecule has 0 amide bonds. The normalized spacial score (nSPS) is 12.1. The average molecular weight is 387 g/mol. The number of nitrogens with one attached hydrogen (secondary N) is 1. The first-order chi connectivity index (χ1) is 7.83. The maximum Gasteiger partial charge on any atom is 0.263 e. The maximum atomic E-state index is 11.9. The molecule has 0 atom stereocenters. The van der Waals surface area contributed by atoms with Crippen LogP contribution in [0.15, 0.2) is 32.0 Å². The third-order valence-corrected chi connectivity index (χ3v) is 4.47. The molecule has 4 nitrogen and oxygen atoms in total. The topological polar surface area (TPSA) is 55.4 Å². The van der Waals surface area contributed by atoms with Gasteiger partial charge in [0, 0.05) is 8.95 Å². The minimum atomic E-state index is -3.66. The van der Waals surface area contributed by atoms with E-state index in [1.165, 1.54) is 6.07 Å². The van der Waals surface area contributed by atoms with Gasteiger partial charge in [-0.25, -0.2) is 8.42 Å². The molecule has 1 aromatic rings. The van der Waals surface area contributed by atoms with Gasteiger partial charge in [-0.05, 0) is 40.0 Å². The van der Waals surface area contributed by atoms with Crippen molar-refractivity contribution in [2.75, 3.05) is 6.61 Å². The molecule has 17 heavy (non-hydrogen) atoms. The third-order valence-electron chi connectivity index (χ3n) is 1.77. The molecule has 0 unspecified atom stereocenters. The number of sulfonamides is 1. The molecule has 0 saturated heterocycles. The molecule has 0 aliphatic heterocycles. The number of hydrogen-bond acceptors (Lipinski definition) is 3. The monoisotopic (exact) mass is 385 g/mol. The standard InChI is InChI=1S/C10H13Br2NO3S/c1-7(2)6-16-13-17(14,15)10-5-8(11)3-4-9(10)12/h3-5,7,13H,6H2,1-2H3. The first-order valence-corrected chi connectivity index (χ1v) is 7.98. The fraction of sp³-hybridized carbons (Fsp3) is 0.400. The molecule has 0 saturated carbocycles. The number of halogens is 2. The van der Waals surface area contributed by atoms with E-state index in [2.05, 4.69) is 36.7 Å². The Hall–Kier alpha value is 0.0500. The summed E-state index contributed by atoms with van der Waals surface area (Å²) in [6.45, 7) is 4.19. The van der Waals surface area contributed by atoms with Crippen molar-refractivity contribution < 1.29 is 13.3 Å². The van der Waals surface area contributed by atoms with Crippen LogP contribution in [0.25, 0.3) is 0 Å². The zero-order valence-electron chi connectivity index (χ0n) is 9.41. The lowest BCUT2D eigenvalue weighted by Gasteiger charge is -2.10. The Balaban J connectivity index is 2.86. The molecule has 0 aliphatic carbocycles. The molecule has 0 fully saturated rings. The van der Waals surface area contributed by atoms with Crippen LogP contribution >= 0.6 is 31.9 Å². The van der Waals surface area contributed by atoms with Crippen LogP contribution in [-0.4, -0.2) is 15.0 Å². The molecule has 0 aliphatic rings. The Morgan fingerprint density at radius 1 is 1.35 bits per heavy atom. The van der Waals surface area contributed by atoms with E-state index < -0.39 is 10.0 Å². The van der Waals surface area contributed by atoms with Crippen molar-refractivity contribution in [3.63, 3.8) is 0 Å². The van der Waals surface area contributed by atoms with Crippen LogP contribution in [0, 0.1) is 5.92 Å². The summed E-state index contributed by atoms with van der Waals surface area (Å²) >= 11 is 6.42. The van der Waals surface area contributed by atoms with E-state index in [9.17, 15) is 8.42 Å². The Morgan fingerprint density at radius 3 is 2.59 bits per heavy atom. The van der Waals surface area contributed by atoms with Crippen LogP contribution < -0.4 is 4.89 Å². The van der Waals surface area contributed by atoms with Crippen molar-refractivity contribution in [3.8, 4) is 0 Å². The Bertz CT molecular complexity index is 488. The van der Waals surface area contributed by atoms with Crippen molar-refractivity contribution in [2.45, 2.75) is 18.7 Å². The third kappa shape index (κ3) is 4.67. The Kier molecular flexibility index (Phi) is 5.59. The van der Waals surface area contributed by atoms with Gasteiger partial charge in [-0.2, -0.15) is 0 Å². The molecular weight excluding hydrogens is 374 g/mol. The Labute approximate surface area is 118 Å². The van der Waals surface area contributed by atoms with Crippen molar-refractivity contribution in [1.82, 2.24) is 4.89 Å². The summed E-state index contributed by atoms with van der Waals surface area (Å²) in [5, 5.41) is 0. The quantitative estimate of drug-likeness (QED) is 0.791. The highest BCUT2D eigenvalue weighted by Gasteiger charge is 2.18. The lowest BCUT2D eigenvalue weighted by Crippen LogP contribution is -2.26. The van der Waals surface area contributed by atoms with E-state index in [0.29, 0.717) is 15.6 Å². The smallest absolute Gasteiger partial charge is 0.263 e. The molecule has 1 aromatic carbocycles. The molecule has 7 heteroatoms. The van der Waals surface area contributed by atoms with Gasteiger partial charge in [-0.1, -0.05) is 34.7 Å². The molecule has 0 aromatic heterocycles. The lowest BCUT2D eigenvalue weighted by molar-refractivity contribution is 0.0718. The number of benzene rings is 1. The van der Waals surface area contributed by atoms with Crippen LogP contribution in [0.4, 0.5) is 0 Å². The van der Waals surface area contributed by atoms with E-state index in [0.717, 1.165) is 0 Å². The van der Waals surface area contributed by atoms with Gasteiger partial charge >= 0.3 is 0 Å².